The van der Waals surface area contributed by atoms with Gasteiger partial charge in [-0.15, -0.1) is 0 Å². The van der Waals surface area contributed by atoms with Crippen molar-refractivity contribution >= 4 is 73.1 Å². The highest BCUT2D eigenvalue weighted by Crippen LogP contribution is 2.30. The van der Waals surface area contributed by atoms with Gasteiger partial charge in [0.05, 0.1) is 9.26 Å². The predicted molar refractivity (Wildman–Crippen MR) is 120 cm³/mol. The van der Waals surface area contributed by atoms with Crippen LogP contribution in [0, 0.1) is 3.57 Å². The number of aromatic nitrogens is 1. The molecule has 0 aliphatic heterocycles. The van der Waals surface area contributed by atoms with Gasteiger partial charge in [0.15, 0.2) is 5.58 Å². The second-order valence-corrected chi connectivity index (χ2v) is 8.28. The topological polar surface area (TPSA) is 58.6 Å². The van der Waals surface area contributed by atoms with Crippen molar-refractivity contribution in [3.8, 4) is 17.2 Å². The fourth-order valence-electron chi connectivity index (χ4n) is 2.57. The van der Waals surface area contributed by atoms with E-state index in [1.807, 2.05) is 48.5 Å². The minimum Gasteiger partial charge on any atom is -0.506 e. The number of nitrogens with zero attached hydrogens (tertiary/aromatic N) is 2. The summed E-state index contributed by atoms with van der Waals surface area (Å²) in [7, 11) is 0. The van der Waals surface area contributed by atoms with Gasteiger partial charge in [-0.1, -0.05) is 33.6 Å². The van der Waals surface area contributed by atoms with Crippen LogP contribution in [0.1, 0.15) is 5.56 Å². The van der Waals surface area contributed by atoms with Crippen LogP contribution in [0.4, 0.5) is 5.69 Å². The maximum absolute atomic E-state index is 10.2. The molecular weight excluding hydrogens is 542 g/mol. The summed E-state index contributed by atoms with van der Waals surface area (Å²) >= 11 is 11.5. The Morgan fingerprint density at radius 1 is 1.15 bits per heavy atom. The van der Waals surface area contributed by atoms with Crippen LogP contribution in [0.25, 0.3) is 22.6 Å². The third-order valence-electron chi connectivity index (χ3n) is 3.85. The zero-order chi connectivity index (χ0) is 19.0. The summed E-state index contributed by atoms with van der Waals surface area (Å²) in [6, 6.07) is 16.5. The van der Waals surface area contributed by atoms with Gasteiger partial charge in [0, 0.05) is 26.8 Å². The Balaban J connectivity index is 1.68. The van der Waals surface area contributed by atoms with Crippen molar-refractivity contribution < 1.29 is 9.52 Å². The molecule has 134 valence electrons. The second-order valence-electron chi connectivity index (χ2n) is 5.77. The van der Waals surface area contributed by atoms with E-state index in [-0.39, 0.29) is 5.75 Å². The molecule has 4 nitrogen and oxygen atoms in total. The number of oxazole rings is 1. The summed E-state index contributed by atoms with van der Waals surface area (Å²) in [5.74, 6) is 0.709. The molecule has 3 aromatic carbocycles. The van der Waals surface area contributed by atoms with Gasteiger partial charge in [-0.3, -0.25) is 4.99 Å². The van der Waals surface area contributed by atoms with Crippen molar-refractivity contribution in [2.75, 3.05) is 0 Å². The molecule has 0 aliphatic carbocycles. The molecule has 0 radical (unpaired) electrons. The molecule has 0 atom stereocenters. The molecule has 27 heavy (non-hydrogen) atoms. The van der Waals surface area contributed by atoms with Crippen LogP contribution in [-0.4, -0.2) is 16.3 Å². The lowest BCUT2D eigenvalue weighted by atomic mass is 10.2. The van der Waals surface area contributed by atoms with Crippen LogP contribution >= 0.6 is 50.1 Å². The smallest absolute Gasteiger partial charge is 0.227 e. The molecule has 1 heterocycles. The highest BCUT2D eigenvalue weighted by molar-refractivity contribution is 14.1. The maximum Gasteiger partial charge on any atom is 0.227 e. The van der Waals surface area contributed by atoms with Crippen molar-refractivity contribution in [2.24, 2.45) is 4.99 Å². The average molecular weight is 554 g/mol. The summed E-state index contributed by atoms with van der Waals surface area (Å²) < 4.78 is 7.44. The number of aromatic hydroxyl groups is 1. The number of benzene rings is 3. The van der Waals surface area contributed by atoms with Gasteiger partial charge >= 0.3 is 0 Å². The second kappa shape index (κ2) is 7.61. The third-order valence-corrected chi connectivity index (χ3v) is 5.37. The number of phenols is 1. The summed E-state index contributed by atoms with van der Waals surface area (Å²) in [4.78, 5) is 8.98. The summed E-state index contributed by atoms with van der Waals surface area (Å²) in [5.41, 5.74) is 3.53. The molecule has 0 bridgehead atoms. The zero-order valence-electron chi connectivity index (χ0n) is 13.7. The molecule has 0 spiro atoms. The molecule has 1 N–H and O–H groups in total. The molecule has 0 unspecified atom stereocenters. The maximum atomic E-state index is 10.2. The first-order valence-corrected chi connectivity index (χ1v) is 10.1. The van der Waals surface area contributed by atoms with Gasteiger partial charge in [0.2, 0.25) is 5.89 Å². The molecule has 0 fully saturated rings. The zero-order valence-corrected chi connectivity index (χ0v) is 18.2. The van der Waals surface area contributed by atoms with E-state index in [0.29, 0.717) is 33.3 Å². The molecule has 1 aromatic heterocycles. The first-order chi connectivity index (χ1) is 13.0. The summed E-state index contributed by atoms with van der Waals surface area (Å²) in [6.07, 6.45) is 1.63. The Kier molecular flexibility index (Phi) is 5.21. The van der Waals surface area contributed by atoms with Crippen molar-refractivity contribution in [1.29, 1.82) is 0 Å². The van der Waals surface area contributed by atoms with E-state index >= 15 is 0 Å². The van der Waals surface area contributed by atoms with Gasteiger partial charge in [-0.05, 0) is 71.1 Å². The molecule has 4 aromatic rings. The molecule has 0 amide bonds. The number of fused-ring (bicyclic) bond motifs is 1. The standard InChI is InChI=1S/C20H11BrClIN2O2/c21-13-6-12(19(26)16(23)8-13)10-24-15-4-5-18-17(9-15)25-20(27-18)11-2-1-3-14(22)7-11/h1-10,26H. The Morgan fingerprint density at radius 3 is 2.81 bits per heavy atom. The monoisotopic (exact) mass is 552 g/mol. The van der Waals surface area contributed by atoms with Gasteiger partial charge in [-0.25, -0.2) is 4.98 Å². The van der Waals surface area contributed by atoms with Crippen molar-refractivity contribution in [2.45, 2.75) is 0 Å². The molecule has 4 rings (SSSR count). The molecule has 0 saturated heterocycles. The van der Waals surface area contributed by atoms with E-state index in [2.05, 4.69) is 48.5 Å². The number of rotatable bonds is 3. The van der Waals surface area contributed by atoms with E-state index < -0.39 is 0 Å². The quantitative estimate of drug-likeness (QED) is 0.220. The Hall–Kier alpha value is -1.90. The van der Waals surface area contributed by atoms with Crippen LogP contribution in [-0.2, 0) is 0 Å². The third kappa shape index (κ3) is 4.02. The minimum atomic E-state index is 0.202. The minimum absolute atomic E-state index is 0.202. The predicted octanol–water partition coefficient (Wildman–Crippen LogP) is 6.97. The average Bonchev–Trinajstić information content (AvgIpc) is 3.07. The van der Waals surface area contributed by atoms with E-state index in [1.165, 1.54) is 0 Å². The number of halogens is 3. The highest BCUT2D eigenvalue weighted by Gasteiger charge is 2.09. The van der Waals surface area contributed by atoms with E-state index in [9.17, 15) is 5.11 Å². The summed E-state index contributed by atoms with van der Waals surface area (Å²) in [6.45, 7) is 0. The lowest BCUT2D eigenvalue weighted by Gasteiger charge is -2.02. The number of phenolic OH excluding ortho intramolecular Hbond substituents is 1. The van der Waals surface area contributed by atoms with Crippen molar-refractivity contribution in [3.05, 3.63) is 73.2 Å². The Bertz CT molecular complexity index is 1190. The molecular formula is C20H11BrClIN2O2. The first-order valence-electron chi connectivity index (χ1n) is 7.88. The SMILES string of the molecule is Oc1c(I)cc(Br)cc1C=Nc1ccc2oc(-c3cccc(Cl)c3)nc2c1. The lowest BCUT2D eigenvalue weighted by molar-refractivity contribution is 0.470. The van der Waals surface area contributed by atoms with Crippen LogP contribution < -0.4 is 0 Å². The molecule has 0 aliphatic rings. The number of hydrogen-bond donors (Lipinski definition) is 1. The highest BCUT2D eigenvalue weighted by atomic mass is 127. The fraction of sp³-hybridized carbons (Fsp3) is 0. The molecule has 0 saturated carbocycles. The molecule has 7 heteroatoms. The van der Waals surface area contributed by atoms with Crippen LogP contribution in [0.5, 0.6) is 5.75 Å². The van der Waals surface area contributed by atoms with Gasteiger partial charge in [0.1, 0.15) is 11.3 Å². The van der Waals surface area contributed by atoms with Crippen molar-refractivity contribution in [3.63, 3.8) is 0 Å². The summed E-state index contributed by atoms with van der Waals surface area (Å²) in [5, 5.41) is 10.8. The number of hydrogen-bond acceptors (Lipinski definition) is 4. The van der Waals surface area contributed by atoms with Crippen LogP contribution in [0.15, 0.2) is 68.5 Å². The Labute approximate surface area is 182 Å². The van der Waals surface area contributed by atoms with Gasteiger partial charge < -0.3 is 9.52 Å². The van der Waals surface area contributed by atoms with E-state index in [1.54, 1.807) is 12.3 Å². The van der Waals surface area contributed by atoms with Crippen molar-refractivity contribution in [1.82, 2.24) is 4.98 Å². The Morgan fingerprint density at radius 2 is 2.00 bits per heavy atom. The van der Waals surface area contributed by atoms with E-state index in [4.69, 9.17) is 16.0 Å². The largest absolute Gasteiger partial charge is 0.506 e. The van der Waals surface area contributed by atoms with Gasteiger partial charge in [-0.2, -0.15) is 0 Å². The fourth-order valence-corrected chi connectivity index (χ4v) is 4.31. The normalized spacial score (nSPS) is 11.5. The van der Waals surface area contributed by atoms with Crippen LogP contribution in [0.3, 0.4) is 0 Å². The van der Waals surface area contributed by atoms with Gasteiger partial charge in [0.25, 0.3) is 0 Å². The first kappa shape index (κ1) is 18.5. The van der Waals surface area contributed by atoms with Crippen LogP contribution in [0.2, 0.25) is 5.02 Å². The number of aliphatic imine (C=N–C) groups is 1. The van der Waals surface area contributed by atoms with E-state index in [0.717, 1.165) is 13.6 Å². The lowest BCUT2D eigenvalue weighted by Crippen LogP contribution is -1.86.